The maximum atomic E-state index is 13.9. The Bertz CT molecular complexity index is 1150. The molecule has 0 radical (unpaired) electrons. The van der Waals surface area contributed by atoms with Crippen LogP contribution in [0, 0.1) is 5.92 Å². The number of carbonyl (C=O) groups excluding carboxylic acids is 1. The van der Waals surface area contributed by atoms with Crippen LogP contribution in [0.1, 0.15) is 81.4 Å². The first-order valence-electron chi connectivity index (χ1n) is 14.8. The molecule has 0 unspecified atom stereocenters. The molecule has 1 N–H and O–H groups in total. The van der Waals surface area contributed by atoms with E-state index in [0.29, 0.717) is 63.2 Å². The Kier molecular flexibility index (Phi) is 11.6. The van der Waals surface area contributed by atoms with E-state index in [0.717, 1.165) is 37.7 Å². The lowest BCUT2D eigenvalue weighted by Crippen LogP contribution is -2.32. The molecule has 1 heterocycles. The molecular weight excluding hydrogens is 529 g/mol. The smallest absolute Gasteiger partial charge is 0.153 e. The van der Waals surface area contributed by atoms with Gasteiger partial charge in [-0.05, 0) is 55.4 Å². The van der Waals surface area contributed by atoms with Gasteiger partial charge in [-0.2, -0.15) is 0 Å². The van der Waals surface area contributed by atoms with E-state index in [-0.39, 0.29) is 29.1 Å². The van der Waals surface area contributed by atoms with E-state index in [1.54, 1.807) is 0 Å². The van der Waals surface area contributed by atoms with E-state index in [1.807, 2.05) is 59.5 Å². The van der Waals surface area contributed by atoms with E-state index >= 15 is 0 Å². The SMILES string of the molecule is O=C(CCCCS(=O)(=O)C1CCCCC1)C[C@H](CN1CC[C@@H](F)C1)[C@H](O)c1ccc(OCc2ccccc2)cc1. The number of hydrogen-bond acceptors (Lipinski definition) is 6. The number of sulfone groups is 1. The number of carbonyl (C=O) groups is 1. The second kappa shape index (κ2) is 15.1. The Balaban J connectivity index is 1.30. The average molecular weight is 574 g/mol. The zero-order chi connectivity index (χ0) is 28.4. The summed E-state index contributed by atoms with van der Waals surface area (Å²) < 4.78 is 45.0. The van der Waals surface area contributed by atoms with Crippen LogP contribution in [0.3, 0.4) is 0 Å². The van der Waals surface area contributed by atoms with Crippen molar-refractivity contribution in [3.63, 3.8) is 0 Å². The molecule has 0 aromatic heterocycles. The van der Waals surface area contributed by atoms with Crippen molar-refractivity contribution in [2.75, 3.05) is 25.4 Å². The van der Waals surface area contributed by atoms with E-state index in [9.17, 15) is 22.7 Å². The third-order valence-corrected chi connectivity index (χ3v) is 10.7. The van der Waals surface area contributed by atoms with Gasteiger partial charge in [0.1, 0.15) is 24.3 Å². The van der Waals surface area contributed by atoms with E-state index in [1.165, 1.54) is 0 Å². The molecule has 220 valence electrons. The monoisotopic (exact) mass is 573 g/mol. The van der Waals surface area contributed by atoms with Gasteiger partial charge in [0.05, 0.1) is 17.1 Å². The number of rotatable bonds is 15. The summed E-state index contributed by atoms with van der Waals surface area (Å²) in [5, 5.41) is 11.1. The summed E-state index contributed by atoms with van der Waals surface area (Å²) in [6.07, 6.45) is 4.80. The van der Waals surface area contributed by atoms with Gasteiger partial charge in [0.2, 0.25) is 0 Å². The molecule has 1 aliphatic heterocycles. The molecule has 40 heavy (non-hydrogen) atoms. The van der Waals surface area contributed by atoms with Gasteiger partial charge in [0.25, 0.3) is 0 Å². The molecule has 2 aromatic carbocycles. The van der Waals surface area contributed by atoms with Crippen LogP contribution in [-0.4, -0.2) is 61.0 Å². The molecule has 2 aliphatic rings. The molecule has 0 spiro atoms. The van der Waals surface area contributed by atoms with Gasteiger partial charge < -0.3 is 9.84 Å². The molecule has 6 nitrogen and oxygen atoms in total. The summed E-state index contributed by atoms with van der Waals surface area (Å²) in [4.78, 5) is 14.9. The number of nitrogens with zero attached hydrogens (tertiary/aromatic N) is 1. The number of unbranched alkanes of at least 4 members (excludes halogenated alkanes) is 1. The number of likely N-dealkylation sites (tertiary alicyclic amines) is 1. The molecule has 1 aliphatic carbocycles. The molecule has 3 atom stereocenters. The maximum Gasteiger partial charge on any atom is 0.153 e. The minimum atomic E-state index is -3.10. The van der Waals surface area contributed by atoms with Crippen molar-refractivity contribution in [2.45, 2.75) is 88.3 Å². The molecular formula is C32H44FNO5S. The highest BCUT2D eigenvalue weighted by Gasteiger charge is 2.30. The van der Waals surface area contributed by atoms with Crippen LogP contribution >= 0.6 is 0 Å². The summed E-state index contributed by atoms with van der Waals surface area (Å²) in [6, 6.07) is 17.2. The Morgan fingerprint density at radius 1 is 1.00 bits per heavy atom. The van der Waals surface area contributed by atoms with Crippen LogP contribution in [-0.2, 0) is 21.2 Å². The third-order valence-electron chi connectivity index (χ3n) is 8.31. The predicted molar refractivity (Wildman–Crippen MR) is 156 cm³/mol. The van der Waals surface area contributed by atoms with Gasteiger partial charge in [0.15, 0.2) is 9.84 Å². The van der Waals surface area contributed by atoms with Crippen LogP contribution in [0.15, 0.2) is 54.6 Å². The second-order valence-electron chi connectivity index (χ2n) is 11.5. The van der Waals surface area contributed by atoms with Crippen LogP contribution in [0.2, 0.25) is 0 Å². The number of hydrogen-bond donors (Lipinski definition) is 1. The highest BCUT2D eigenvalue weighted by molar-refractivity contribution is 7.92. The lowest BCUT2D eigenvalue weighted by atomic mass is 9.89. The molecule has 1 saturated heterocycles. The molecule has 4 rings (SSSR count). The number of ketones is 1. The van der Waals surface area contributed by atoms with Crippen molar-refractivity contribution >= 4 is 15.6 Å². The summed E-state index contributed by atoms with van der Waals surface area (Å²) >= 11 is 0. The fourth-order valence-electron chi connectivity index (χ4n) is 5.94. The van der Waals surface area contributed by atoms with Crippen molar-refractivity contribution < 1.29 is 27.4 Å². The first kappa shape index (κ1) is 30.7. The lowest BCUT2D eigenvalue weighted by molar-refractivity contribution is -0.121. The van der Waals surface area contributed by atoms with Crippen LogP contribution in [0.4, 0.5) is 4.39 Å². The van der Waals surface area contributed by atoms with Crippen molar-refractivity contribution in [1.29, 1.82) is 0 Å². The highest BCUT2D eigenvalue weighted by Crippen LogP contribution is 2.30. The van der Waals surface area contributed by atoms with Gasteiger partial charge in [-0.3, -0.25) is 9.69 Å². The number of aliphatic hydroxyl groups is 1. The standard InChI is InChI=1S/C32H44FNO5S/c33-28-18-19-34(23-28)22-27(21-29(35)11-7-8-20-40(37,38)31-12-5-2-6-13-31)32(36)26-14-16-30(17-15-26)39-24-25-9-3-1-4-10-25/h1,3-4,9-10,14-17,27-28,31-32,36H,2,5-8,11-13,18-24H2/t27-,28-,32-/m1/s1. The molecule has 8 heteroatoms. The van der Waals surface area contributed by atoms with Crippen LogP contribution in [0.25, 0.3) is 0 Å². The second-order valence-corrected chi connectivity index (χ2v) is 13.9. The fourth-order valence-corrected chi connectivity index (χ4v) is 7.94. The molecule has 0 bridgehead atoms. The molecule has 0 amide bonds. The largest absolute Gasteiger partial charge is 0.489 e. The van der Waals surface area contributed by atoms with Gasteiger partial charge in [0, 0.05) is 38.4 Å². The van der Waals surface area contributed by atoms with E-state index < -0.39 is 22.1 Å². The number of ether oxygens (including phenoxy) is 1. The van der Waals surface area contributed by atoms with Crippen LogP contribution < -0.4 is 4.74 Å². The van der Waals surface area contributed by atoms with Crippen molar-refractivity contribution in [2.24, 2.45) is 5.92 Å². The Hall–Kier alpha value is -2.29. The summed E-state index contributed by atoms with van der Waals surface area (Å²) in [5.41, 5.74) is 1.76. The predicted octanol–water partition coefficient (Wildman–Crippen LogP) is 5.84. The summed E-state index contributed by atoms with van der Waals surface area (Å²) in [7, 11) is -3.10. The van der Waals surface area contributed by atoms with Gasteiger partial charge >= 0.3 is 0 Å². The minimum Gasteiger partial charge on any atom is -0.489 e. The first-order chi connectivity index (χ1) is 19.3. The Morgan fingerprint density at radius 3 is 2.40 bits per heavy atom. The summed E-state index contributed by atoms with van der Waals surface area (Å²) in [6.45, 7) is 1.82. The van der Waals surface area contributed by atoms with Crippen LogP contribution in [0.5, 0.6) is 5.75 Å². The zero-order valence-corrected chi connectivity index (χ0v) is 24.2. The number of halogens is 1. The quantitative estimate of drug-likeness (QED) is 0.270. The van der Waals surface area contributed by atoms with Crippen molar-refractivity contribution in [3.05, 3.63) is 65.7 Å². The minimum absolute atomic E-state index is 0.0120. The van der Waals surface area contributed by atoms with Gasteiger partial charge in [-0.25, -0.2) is 12.8 Å². The van der Waals surface area contributed by atoms with Crippen molar-refractivity contribution in [3.8, 4) is 5.75 Å². The maximum absolute atomic E-state index is 13.9. The Labute approximate surface area is 238 Å². The highest BCUT2D eigenvalue weighted by atomic mass is 32.2. The first-order valence-corrected chi connectivity index (χ1v) is 16.6. The topological polar surface area (TPSA) is 83.9 Å². The number of aliphatic hydroxyl groups excluding tert-OH is 1. The van der Waals surface area contributed by atoms with E-state index in [4.69, 9.17) is 4.74 Å². The lowest BCUT2D eigenvalue weighted by Gasteiger charge is -2.27. The van der Waals surface area contributed by atoms with Crippen molar-refractivity contribution in [1.82, 2.24) is 4.90 Å². The zero-order valence-electron chi connectivity index (χ0n) is 23.4. The normalized spacial score (nSPS) is 20.3. The molecule has 2 fully saturated rings. The number of Topliss-reactive ketones (excluding diaryl/α,β-unsaturated/α-hetero) is 1. The van der Waals surface area contributed by atoms with Gasteiger partial charge in [-0.1, -0.05) is 61.7 Å². The summed E-state index contributed by atoms with van der Waals surface area (Å²) in [5.74, 6) is 0.467. The average Bonchev–Trinajstić information content (AvgIpc) is 3.39. The fraction of sp³-hybridized carbons (Fsp3) is 0.594. The number of alkyl halides is 1. The third kappa shape index (κ3) is 9.38. The number of benzene rings is 2. The van der Waals surface area contributed by atoms with Gasteiger partial charge in [-0.15, -0.1) is 0 Å². The molecule has 1 saturated carbocycles. The Morgan fingerprint density at radius 2 is 1.73 bits per heavy atom. The van der Waals surface area contributed by atoms with E-state index in [2.05, 4.69) is 0 Å². The molecule has 2 aromatic rings.